The highest BCUT2D eigenvalue weighted by Gasteiger charge is 2.19. The van der Waals surface area contributed by atoms with Crippen LogP contribution in [0.4, 0.5) is 0 Å². The molecule has 0 heterocycles. The third-order valence-corrected chi connectivity index (χ3v) is 4.17. The van der Waals surface area contributed by atoms with Gasteiger partial charge in [-0.15, -0.1) is 0 Å². The van der Waals surface area contributed by atoms with E-state index in [0.717, 1.165) is 23.8 Å². The van der Waals surface area contributed by atoms with E-state index in [-0.39, 0.29) is 6.04 Å². The van der Waals surface area contributed by atoms with Gasteiger partial charge in [0.05, 0.1) is 6.61 Å². The van der Waals surface area contributed by atoms with Crippen LogP contribution >= 0.6 is 0 Å². The van der Waals surface area contributed by atoms with Crippen LogP contribution in [-0.4, -0.2) is 31.6 Å². The second-order valence-electron chi connectivity index (χ2n) is 5.95. The van der Waals surface area contributed by atoms with E-state index in [0.29, 0.717) is 6.61 Å². The van der Waals surface area contributed by atoms with Crippen LogP contribution in [0.5, 0.6) is 5.75 Å². The minimum absolute atomic E-state index is 0.0177. The van der Waals surface area contributed by atoms with Gasteiger partial charge in [0.2, 0.25) is 0 Å². The number of nitrogens with zero attached hydrogens (tertiary/aromatic N) is 1. The van der Waals surface area contributed by atoms with Crippen molar-refractivity contribution in [2.45, 2.75) is 38.6 Å². The van der Waals surface area contributed by atoms with E-state index in [1.165, 1.54) is 32.2 Å². The number of nitrogens with two attached hydrogens (primary N) is 1. The van der Waals surface area contributed by atoms with Gasteiger partial charge in [-0.05, 0) is 38.8 Å². The van der Waals surface area contributed by atoms with E-state index >= 15 is 0 Å². The Morgan fingerprint density at radius 3 is 2.70 bits per heavy atom. The standard InChI is InChI=1S/C17H28N2O/c1-3-20-17-11-7-6-10-15(17)16(18)13-19(2)12-14-8-4-5-9-14/h6-7,10-11,14,16H,3-5,8-9,12-13,18H2,1-2H3. The topological polar surface area (TPSA) is 38.5 Å². The average Bonchev–Trinajstić information content (AvgIpc) is 2.92. The predicted octanol–water partition coefficient (Wildman–Crippen LogP) is 3.21. The summed E-state index contributed by atoms with van der Waals surface area (Å²) in [6, 6.07) is 8.15. The van der Waals surface area contributed by atoms with E-state index in [1.54, 1.807) is 0 Å². The highest BCUT2D eigenvalue weighted by atomic mass is 16.5. The Labute approximate surface area is 123 Å². The number of hydrogen-bond donors (Lipinski definition) is 1. The van der Waals surface area contributed by atoms with Gasteiger partial charge in [-0.25, -0.2) is 0 Å². The molecule has 0 bridgehead atoms. The minimum atomic E-state index is 0.0177. The van der Waals surface area contributed by atoms with Gasteiger partial charge in [-0.3, -0.25) is 0 Å². The van der Waals surface area contributed by atoms with Crippen LogP contribution in [0.25, 0.3) is 0 Å². The zero-order chi connectivity index (χ0) is 14.4. The number of likely N-dealkylation sites (N-methyl/N-ethyl adjacent to an activating group) is 1. The molecule has 2 rings (SSSR count). The summed E-state index contributed by atoms with van der Waals surface area (Å²) in [6.45, 7) is 4.75. The van der Waals surface area contributed by atoms with E-state index in [9.17, 15) is 0 Å². The van der Waals surface area contributed by atoms with Gasteiger partial charge in [-0.2, -0.15) is 0 Å². The first-order chi connectivity index (χ1) is 9.70. The molecular weight excluding hydrogens is 248 g/mol. The Morgan fingerprint density at radius 2 is 2.00 bits per heavy atom. The van der Waals surface area contributed by atoms with Crippen LogP contribution in [0.2, 0.25) is 0 Å². The summed E-state index contributed by atoms with van der Waals surface area (Å²) >= 11 is 0. The molecule has 1 fully saturated rings. The zero-order valence-electron chi connectivity index (χ0n) is 12.8. The van der Waals surface area contributed by atoms with Gasteiger partial charge in [0.25, 0.3) is 0 Å². The van der Waals surface area contributed by atoms with Crippen LogP contribution < -0.4 is 10.5 Å². The first-order valence-electron chi connectivity index (χ1n) is 7.86. The summed E-state index contributed by atoms with van der Waals surface area (Å²) in [5.41, 5.74) is 7.50. The normalized spacial score (nSPS) is 17.6. The van der Waals surface area contributed by atoms with Gasteiger partial charge < -0.3 is 15.4 Å². The molecule has 1 atom stereocenters. The van der Waals surface area contributed by atoms with Crippen molar-refractivity contribution in [2.75, 3.05) is 26.7 Å². The lowest BCUT2D eigenvalue weighted by Gasteiger charge is -2.25. The summed E-state index contributed by atoms with van der Waals surface area (Å²) in [4.78, 5) is 2.38. The van der Waals surface area contributed by atoms with Crippen molar-refractivity contribution in [3.05, 3.63) is 29.8 Å². The fourth-order valence-electron chi connectivity index (χ4n) is 3.22. The Hall–Kier alpha value is -1.06. The molecule has 0 aromatic heterocycles. The second kappa shape index (κ2) is 7.65. The highest BCUT2D eigenvalue weighted by molar-refractivity contribution is 5.35. The van der Waals surface area contributed by atoms with E-state index in [1.807, 2.05) is 25.1 Å². The van der Waals surface area contributed by atoms with E-state index in [2.05, 4.69) is 18.0 Å². The van der Waals surface area contributed by atoms with Crippen molar-refractivity contribution in [2.24, 2.45) is 11.7 Å². The molecule has 2 N–H and O–H groups in total. The Morgan fingerprint density at radius 1 is 1.30 bits per heavy atom. The summed E-state index contributed by atoms with van der Waals surface area (Å²) in [7, 11) is 2.18. The number of rotatable bonds is 7. The quantitative estimate of drug-likeness (QED) is 0.831. The van der Waals surface area contributed by atoms with Gasteiger partial charge in [0, 0.05) is 24.7 Å². The Kier molecular flexibility index (Phi) is 5.86. The van der Waals surface area contributed by atoms with Crippen molar-refractivity contribution in [3.63, 3.8) is 0 Å². The Bertz CT molecular complexity index is 402. The predicted molar refractivity (Wildman–Crippen MR) is 84.0 cm³/mol. The zero-order valence-corrected chi connectivity index (χ0v) is 12.8. The molecule has 0 amide bonds. The second-order valence-corrected chi connectivity index (χ2v) is 5.95. The van der Waals surface area contributed by atoms with Crippen molar-refractivity contribution in [3.8, 4) is 5.75 Å². The molecule has 1 aromatic rings. The highest BCUT2D eigenvalue weighted by Crippen LogP contribution is 2.27. The molecular formula is C17H28N2O. The van der Waals surface area contributed by atoms with E-state index in [4.69, 9.17) is 10.5 Å². The van der Waals surface area contributed by atoms with Crippen molar-refractivity contribution in [1.82, 2.24) is 4.90 Å². The molecule has 112 valence electrons. The minimum Gasteiger partial charge on any atom is -0.494 e. The first-order valence-corrected chi connectivity index (χ1v) is 7.86. The third-order valence-electron chi connectivity index (χ3n) is 4.17. The summed E-state index contributed by atoms with van der Waals surface area (Å²) in [6.07, 6.45) is 5.57. The van der Waals surface area contributed by atoms with Gasteiger partial charge in [-0.1, -0.05) is 31.0 Å². The lowest BCUT2D eigenvalue weighted by Crippen LogP contribution is -2.32. The lowest BCUT2D eigenvalue weighted by atomic mass is 10.0. The fourth-order valence-corrected chi connectivity index (χ4v) is 3.22. The molecule has 0 radical (unpaired) electrons. The van der Waals surface area contributed by atoms with Gasteiger partial charge >= 0.3 is 0 Å². The van der Waals surface area contributed by atoms with Crippen LogP contribution in [0.1, 0.15) is 44.2 Å². The van der Waals surface area contributed by atoms with E-state index < -0.39 is 0 Å². The smallest absolute Gasteiger partial charge is 0.124 e. The molecule has 0 aliphatic heterocycles. The molecule has 1 aromatic carbocycles. The van der Waals surface area contributed by atoms with Crippen molar-refractivity contribution in [1.29, 1.82) is 0 Å². The molecule has 0 spiro atoms. The molecule has 3 heteroatoms. The van der Waals surface area contributed by atoms with Crippen molar-refractivity contribution < 1.29 is 4.74 Å². The lowest BCUT2D eigenvalue weighted by molar-refractivity contribution is 0.260. The SMILES string of the molecule is CCOc1ccccc1C(N)CN(C)CC1CCCC1. The molecule has 1 unspecified atom stereocenters. The first kappa shape index (κ1) is 15.3. The van der Waals surface area contributed by atoms with Crippen molar-refractivity contribution >= 4 is 0 Å². The molecule has 1 aliphatic carbocycles. The fraction of sp³-hybridized carbons (Fsp3) is 0.647. The van der Waals surface area contributed by atoms with Crippen LogP contribution in [-0.2, 0) is 0 Å². The number of ether oxygens (including phenoxy) is 1. The maximum Gasteiger partial charge on any atom is 0.124 e. The molecule has 20 heavy (non-hydrogen) atoms. The van der Waals surface area contributed by atoms with Gasteiger partial charge in [0.15, 0.2) is 0 Å². The maximum atomic E-state index is 6.38. The largest absolute Gasteiger partial charge is 0.494 e. The molecule has 1 aliphatic rings. The van der Waals surface area contributed by atoms with Crippen LogP contribution in [0.15, 0.2) is 24.3 Å². The summed E-state index contributed by atoms with van der Waals surface area (Å²) < 4.78 is 5.67. The molecule has 1 saturated carbocycles. The van der Waals surface area contributed by atoms with Crippen LogP contribution in [0, 0.1) is 5.92 Å². The number of para-hydroxylation sites is 1. The Balaban J connectivity index is 1.91. The number of hydrogen-bond acceptors (Lipinski definition) is 3. The third kappa shape index (κ3) is 4.22. The van der Waals surface area contributed by atoms with Crippen LogP contribution in [0.3, 0.4) is 0 Å². The average molecular weight is 276 g/mol. The van der Waals surface area contributed by atoms with Gasteiger partial charge in [0.1, 0.15) is 5.75 Å². The summed E-state index contributed by atoms with van der Waals surface area (Å²) in [5.74, 6) is 1.80. The summed E-state index contributed by atoms with van der Waals surface area (Å²) in [5, 5.41) is 0. The maximum absolute atomic E-state index is 6.38. The molecule has 0 saturated heterocycles. The molecule has 3 nitrogen and oxygen atoms in total. The monoisotopic (exact) mass is 276 g/mol. The number of benzene rings is 1.